The highest BCUT2D eigenvalue weighted by Crippen LogP contribution is 2.37. The first-order valence-corrected chi connectivity index (χ1v) is 17.9. The van der Waals surface area contributed by atoms with Crippen LogP contribution < -0.4 is 0 Å². The molecule has 2 heterocycles. The van der Waals surface area contributed by atoms with E-state index in [2.05, 4.69) is 176 Å². The second kappa shape index (κ2) is 12.1. The van der Waals surface area contributed by atoms with Crippen molar-refractivity contribution in [1.29, 1.82) is 0 Å². The predicted octanol–water partition coefficient (Wildman–Crippen LogP) is 12.9. The Morgan fingerprint density at radius 2 is 0.686 bits per heavy atom. The number of hydrogen-bond donors (Lipinski definition) is 0. The molecular formula is C47H29N3S. The molecule has 8 aromatic carbocycles. The van der Waals surface area contributed by atoms with Gasteiger partial charge in [0.25, 0.3) is 0 Å². The molecule has 0 aliphatic heterocycles. The zero-order valence-corrected chi connectivity index (χ0v) is 28.3. The molecule has 0 fully saturated rings. The molecule has 0 radical (unpaired) electrons. The SMILES string of the molecule is c1ccc2cc(-c3ccc(-c4nc(-c5ccc(-c6ccc7c(c6)sc6ccccc67)cc5)nc(-c5ccc6ccccc6c5)n4)cc3)ccc2c1. The van der Waals surface area contributed by atoms with Gasteiger partial charge >= 0.3 is 0 Å². The molecule has 0 spiro atoms. The van der Waals surface area contributed by atoms with Crippen molar-refractivity contribution in [2.45, 2.75) is 0 Å². The molecule has 0 aliphatic rings. The first kappa shape index (κ1) is 29.4. The normalized spacial score (nSPS) is 11.5. The number of nitrogens with zero attached hydrogens (tertiary/aromatic N) is 3. The van der Waals surface area contributed by atoms with Gasteiger partial charge in [-0.25, -0.2) is 15.0 Å². The van der Waals surface area contributed by atoms with Gasteiger partial charge in [-0.2, -0.15) is 0 Å². The van der Waals surface area contributed by atoms with Crippen molar-refractivity contribution in [3.05, 3.63) is 176 Å². The number of hydrogen-bond acceptors (Lipinski definition) is 4. The molecule has 0 aliphatic carbocycles. The van der Waals surface area contributed by atoms with Gasteiger partial charge in [-0.3, -0.25) is 0 Å². The molecule has 238 valence electrons. The molecule has 0 amide bonds. The summed E-state index contributed by atoms with van der Waals surface area (Å²) in [5, 5.41) is 7.42. The fourth-order valence-electron chi connectivity index (χ4n) is 6.99. The van der Waals surface area contributed by atoms with E-state index in [4.69, 9.17) is 15.0 Å². The van der Waals surface area contributed by atoms with Crippen molar-refractivity contribution in [3.8, 4) is 56.4 Å². The van der Waals surface area contributed by atoms with Crippen molar-refractivity contribution in [2.24, 2.45) is 0 Å². The first-order chi connectivity index (χ1) is 25.2. The van der Waals surface area contributed by atoms with Gasteiger partial charge in [-0.1, -0.05) is 152 Å². The molecule has 10 rings (SSSR count). The first-order valence-electron chi connectivity index (χ1n) is 17.1. The summed E-state index contributed by atoms with van der Waals surface area (Å²) in [7, 11) is 0. The number of aromatic nitrogens is 3. The van der Waals surface area contributed by atoms with Crippen LogP contribution in [-0.2, 0) is 0 Å². The fraction of sp³-hybridized carbons (Fsp3) is 0. The lowest BCUT2D eigenvalue weighted by atomic mass is 10.00. The predicted molar refractivity (Wildman–Crippen MR) is 215 cm³/mol. The largest absolute Gasteiger partial charge is 0.208 e. The van der Waals surface area contributed by atoms with Gasteiger partial charge in [-0.15, -0.1) is 11.3 Å². The molecule has 4 heteroatoms. The van der Waals surface area contributed by atoms with Crippen LogP contribution in [0.1, 0.15) is 0 Å². The summed E-state index contributed by atoms with van der Waals surface area (Å²) in [6, 6.07) is 62.3. The zero-order valence-electron chi connectivity index (χ0n) is 27.5. The van der Waals surface area contributed by atoms with Crippen LogP contribution in [0.5, 0.6) is 0 Å². The maximum atomic E-state index is 5.05. The summed E-state index contributed by atoms with van der Waals surface area (Å²) in [5.74, 6) is 1.94. The summed E-state index contributed by atoms with van der Waals surface area (Å²) in [5.41, 5.74) is 7.53. The van der Waals surface area contributed by atoms with Crippen molar-refractivity contribution < 1.29 is 0 Å². The van der Waals surface area contributed by atoms with E-state index < -0.39 is 0 Å². The highest BCUT2D eigenvalue weighted by atomic mass is 32.1. The van der Waals surface area contributed by atoms with Crippen LogP contribution in [0.2, 0.25) is 0 Å². The van der Waals surface area contributed by atoms with Crippen molar-refractivity contribution >= 4 is 53.1 Å². The van der Waals surface area contributed by atoms with Crippen molar-refractivity contribution in [1.82, 2.24) is 15.0 Å². The minimum absolute atomic E-state index is 0.646. The maximum absolute atomic E-state index is 5.05. The lowest BCUT2D eigenvalue weighted by Crippen LogP contribution is -2.00. The average molecular weight is 668 g/mol. The van der Waals surface area contributed by atoms with E-state index in [9.17, 15) is 0 Å². The number of thiophene rings is 1. The molecule has 0 unspecified atom stereocenters. The van der Waals surface area contributed by atoms with Gasteiger partial charge in [0.2, 0.25) is 0 Å². The van der Waals surface area contributed by atoms with Crippen LogP contribution in [0, 0.1) is 0 Å². The van der Waals surface area contributed by atoms with Gasteiger partial charge < -0.3 is 0 Å². The summed E-state index contributed by atoms with van der Waals surface area (Å²) < 4.78 is 2.61. The molecule has 0 atom stereocenters. The number of fused-ring (bicyclic) bond motifs is 5. The lowest BCUT2D eigenvalue weighted by molar-refractivity contribution is 1.07. The van der Waals surface area contributed by atoms with Gasteiger partial charge in [-0.05, 0) is 68.1 Å². The second-order valence-corrected chi connectivity index (χ2v) is 14.0. The summed E-state index contributed by atoms with van der Waals surface area (Å²) in [6.45, 7) is 0. The van der Waals surface area contributed by atoms with E-state index in [1.807, 2.05) is 11.3 Å². The van der Waals surface area contributed by atoms with Crippen LogP contribution >= 0.6 is 11.3 Å². The minimum Gasteiger partial charge on any atom is -0.208 e. The Labute approximate surface area is 299 Å². The molecule has 0 N–H and O–H groups in total. The Morgan fingerprint density at radius 1 is 0.275 bits per heavy atom. The Bertz CT molecular complexity index is 2910. The van der Waals surface area contributed by atoms with Gasteiger partial charge in [0.1, 0.15) is 0 Å². The third kappa shape index (κ3) is 5.43. The fourth-order valence-corrected chi connectivity index (χ4v) is 8.13. The van der Waals surface area contributed by atoms with Crippen LogP contribution in [0.25, 0.3) is 98.1 Å². The highest BCUT2D eigenvalue weighted by Gasteiger charge is 2.14. The van der Waals surface area contributed by atoms with E-state index >= 15 is 0 Å². The number of rotatable bonds is 5. The average Bonchev–Trinajstić information content (AvgIpc) is 3.58. The quantitative estimate of drug-likeness (QED) is 0.183. The third-order valence-corrected chi connectivity index (χ3v) is 10.9. The second-order valence-electron chi connectivity index (χ2n) is 12.9. The Hall–Kier alpha value is -6.49. The zero-order chi connectivity index (χ0) is 33.7. The Kier molecular flexibility index (Phi) is 7.00. The van der Waals surface area contributed by atoms with Gasteiger partial charge in [0.15, 0.2) is 17.5 Å². The standard InChI is InChI=1S/C47H29N3S/c1-3-9-36-27-38(23-17-30(36)7-1)32-13-19-34(20-14-32)45-48-46(50-47(49-45)40-24-18-31-8-2-4-10-37(31)28-40)35-21-15-33(16-22-35)39-25-26-42-41-11-5-6-12-43(41)51-44(42)29-39/h1-29H. The highest BCUT2D eigenvalue weighted by molar-refractivity contribution is 7.25. The summed E-state index contributed by atoms with van der Waals surface area (Å²) >= 11 is 1.84. The lowest BCUT2D eigenvalue weighted by Gasteiger charge is -2.10. The summed E-state index contributed by atoms with van der Waals surface area (Å²) in [6.07, 6.45) is 0. The van der Waals surface area contributed by atoms with E-state index in [0.29, 0.717) is 17.5 Å². The van der Waals surface area contributed by atoms with Crippen LogP contribution in [0.15, 0.2) is 176 Å². The number of benzene rings is 8. The van der Waals surface area contributed by atoms with Gasteiger partial charge in [0.05, 0.1) is 0 Å². The molecule has 0 bridgehead atoms. The van der Waals surface area contributed by atoms with E-state index in [0.717, 1.165) is 33.2 Å². The molecule has 0 saturated heterocycles. The molecule has 2 aromatic heterocycles. The third-order valence-electron chi connectivity index (χ3n) is 9.72. The monoisotopic (exact) mass is 667 g/mol. The molecule has 3 nitrogen and oxygen atoms in total. The molecule has 0 saturated carbocycles. The van der Waals surface area contributed by atoms with Crippen LogP contribution in [-0.4, -0.2) is 15.0 Å². The molecule has 51 heavy (non-hydrogen) atoms. The smallest absolute Gasteiger partial charge is 0.164 e. The molecular weight excluding hydrogens is 639 g/mol. The Morgan fingerprint density at radius 3 is 1.31 bits per heavy atom. The summed E-state index contributed by atoms with van der Waals surface area (Å²) in [4.78, 5) is 15.1. The van der Waals surface area contributed by atoms with Crippen molar-refractivity contribution in [2.75, 3.05) is 0 Å². The van der Waals surface area contributed by atoms with Crippen LogP contribution in [0.3, 0.4) is 0 Å². The van der Waals surface area contributed by atoms with E-state index in [1.165, 1.54) is 47.5 Å². The van der Waals surface area contributed by atoms with E-state index in [1.54, 1.807) is 0 Å². The van der Waals surface area contributed by atoms with Crippen LogP contribution in [0.4, 0.5) is 0 Å². The van der Waals surface area contributed by atoms with Gasteiger partial charge in [0, 0.05) is 36.9 Å². The van der Waals surface area contributed by atoms with Crippen molar-refractivity contribution in [3.63, 3.8) is 0 Å². The minimum atomic E-state index is 0.646. The maximum Gasteiger partial charge on any atom is 0.164 e. The van der Waals surface area contributed by atoms with E-state index in [-0.39, 0.29) is 0 Å². The molecule has 10 aromatic rings. The topological polar surface area (TPSA) is 38.7 Å². The Balaban J connectivity index is 1.04.